The van der Waals surface area contributed by atoms with Crippen LogP contribution in [0.5, 0.6) is 0 Å². The summed E-state index contributed by atoms with van der Waals surface area (Å²) in [5, 5.41) is 3.56. The van der Waals surface area contributed by atoms with Crippen molar-refractivity contribution in [3.05, 3.63) is 35.9 Å². The number of benzene rings is 1. The normalized spacial score (nSPS) is 25.9. The molecule has 0 saturated carbocycles. The number of nitrogens with one attached hydrogen (secondary N) is 1. The Balaban J connectivity index is 1.82. The lowest BCUT2D eigenvalue weighted by molar-refractivity contribution is -0.00508. The van der Waals surface area contributed by atoms with Crippen molar-refractivity contribution in [2.75, 3.05) is 13.2 Å². The Labute approximate surface area is 98.0 Å². The zero-order chi connectivity index (χ0) is 11.4. The third kappa shape index (κ3) is 3.06. The Morgan fingerprint density at radius 2 is 2.06 bits per heavy atom. The highest BCUT2D eigenvalue weighted by Gasteiger charge is 2.22. The van der Waals surface area contributed by atoms with E-state index in [4.69, 9.17) is 4.74 Å². The van der Waals surface area contributed by atoms with Gasteiger partial charge in [-0.15, -0.1) is 0 Å². The summed E-state index contributed by atoms with van der Waals surface area (Å²) in [5.41, 5.74) is 1.36. The molecule has 0 amide bonds. The van der Waals surface area contributed by atoms with Gasteiger partial charge in [0.05, 0.1) is 12.7 Å². The summed E-state index contributed by atoms with van der Waals surface area (Å²) >= 11 is 0. The smallest absolute Gasteiger partial charge is 0.0740 e. The van der Waals surface area contributed by atoms with Crippen molar-refractivity contribution >= 4 is 0 Å². The lowest BCUT2D eigenvalue weighted by Gasteiger charge is -2.32. The minimum Gasteiger partial charge on any atom is -0.375 e. The summed E-state index contributed by atoms with van der Waals surface area (Å²) in [5.74, 6) is 0.651. The van der Waals surface area contributed by atoms with Gasteiger partial charge in [0.2, 0.25) is 0 Å². The molecule has 1 aromatic rings. The van der Waals surface area contributed by atoms with Gasteiger partial charge in [0, 0.05) is 12.6 Å². The van der Waals surface area contributed by atoms with Crippen LogP contribution in [0, 0.1) is 5.92 Å². The van der Waals surface area contributed by atoms with Crippen molar-refractivity contribution in [1.82, 2.24) is 5.32 Å². The maximum atomic E-state index is 5.89. The van der Waals surface area contributed by atoms with Crippen LogP contribution in [0.25, 0.3) is 0 Å². The standard InChI is InChI=1S/C14H21NO/c1-11(2)14-10-16-13(9-15-14)8-12-6-4-3-5-7-12/h3-7,11,13-15H,8-10H2,1-2H3. The molecule has 2 atom stereocenters. The van der Waals surface area contributed by atoms with Crippen molar-refractivity contribution in [2.24, 2.45) is 5.92 Å². The molecule has 2 heteroatoms. The lowest BCUT2D eigenvalue weighted by Crippen LogP contribution is -2.49. The predicted octanol–water partition coefficient (Wildman–Crippen LogP) is 2.24. The molecular weight excluding hydrogens is 198 g/mol. The van der Waals surface area contributed by atoms with Crippen molar-refractivity contribution in [1.29, 1.82) is 0 Å². The third-order valence-corrected chi connectivity index (χ3v) is 3.23. The van der Waals surface area contributed by atoms with E-state index in [0.29, 0.717) is 18.1 Å². The van der Waals surface area contributed by atoms with E-state index < -0.39 is 0 Å². The van der Waals surface area contributed by atoms with Gasteiger partial charge < -0.3 is 10.1 Å². The van der Waals surface area contributed by atoms with E-state index in [1.54, 1.807) is 0 Å². The van der Waals surface area contributed by atoms with Gasteiger partial charge in [-0.1, -0.05) is 44.2 Å². The zero-order valence-electron chi connectivity index (χ0n) is 10.1. The van der Waals surface area contributed by atoms with Crippen LogP contribution >= 0.6 is 0 Å². The van der Waals surface area contributed by atoms with Crippen LogP contribution in [0.4, 0.5) is 0 Å². The monoisotopic (exact) mass is 219 g/mol. The Morgan fingerprint density at radius 3 is 2.62 bits per heavy atom. The summed E-state index contributed by atoms with van der Waals surface area (Å²) in [6.07, 6.45) is 1.34. The van der Waals surface area contributed by atoms with Gasteiger partial charge in [0.25, 0.3) is 0 Å². The van der Waals surface area contributed by atoms with Gasteiger partial charge in [0.1, 0.15) is 0 Å². The molecule has 1 N–H and O–H groups in total. The molecule has 1 aliphatic rings. The molecule has 1 aliphatic heterocycles. The molecule has 0 bridgehead atoms. The molecule has 1 saturated heterocycles. The number of ether oxygens (including phenoxy) is 1. The van der Waals surface area contributed by atoms with E-state index in [1.807, 2.05) is 0 Å². The molecule has 2 nitrogen and oxygen atoms in total. The van der Waals surface area contributed by atoms with E-state index in [2.05, 4.69) is 49.5 Å². The van der Waals surface area contributed by atoms with Crippen molar-refractivity contribution < 1.29 is 4.74 Å². The molecule has 88 valence electrons. The second kappa shape index (κ2) is 5.46. The Bertz CT molecular complexity index is 302. The molecule has 2 unspecified atom stereocenters. The first-order valence-electron chi connectivity index (χ1n) is 6.14. The highest BCUT2D eigenvalue weighted by Crippen LogP contribution is 2.12. The molecule has 0 aliphatic carbocycles. The molecule has 2 rings (SSSR count). The number of hydrogen-bond donors (Lipinski definition) is 1. The summed E-state index contributed by atoms with van der Waals surface area (Å²) in [7, 11) is 0. The van der Waals surface area contributed by atoms with E-state index in [1.165, 1.54) is 5.56 Å². The Kier molecular flexibility index (Phi) is 3.97. The fourth-order valence-corrected chi connectivity index (χ4v) is 2.08. The van der Waals surface area contributed by atoms with E-state index in [0.717, 1.165) is 19.6 Å². The minimum atomic E-state index is 0.331. The fourth-order valence-electron chi connectivity index (χ4n) is 2.08. The molecule has 1 heterocycles. The highest BCUT2D eigenvalue weighted by molar-refractivity contribution is 5.15. The molecule has 16 heavy (non-hydrogen) atoms. The largest absolute Gasteiger partial charge is 0.375 e. The van der Waals surface area contributed by atoms with Crippen LogP contribution in [0.1, 0.15) is 19.4 Å². The van der Waals surface area contributed by atoms with Crippen LogP contribution in [0.2, 0.25) is 0 Å². The first-order chi connectivity index (χ1) is 7.75. The fraction of sp³-hybridized carbons (Fsp3) is 0.571. The zero-order valence-corrected chi connectivity index (χ0v) is 10.1. The van der Waals surface area contributed by atoms with Crippen LogP contribution < -0.4 is 5.32 Å². The Hall–Kier alpha value is -0.860. The van der Waals surface area contributed by atoms with E-state index in [9.17, 15) is 0 Å². The van der Waals surface area contributed by atoms with Crippen LogP contribution in [-0.2, 0) is 11.2 Å². The van der Waals surface area contributed by atoms with Gasteiger partial charge in [-0.3, -0.25) is 0 Å². The average Bonchev–Trinajstić information content (AvgIpc) is 2.31. The SMILES string of the molecule is CC(C)C1COC(Cc2ccccc2)CN1. The summed E-state index contributed by atoms with van der Waals surface area (Å²) in [6, 6.07) is 11.1. The second-order valence-electron chi connectivity index (χ2n) is 4.90. The van der Waals surface area contributed by atoms with Crippen molar-refractivity contribution in [3.63, 3.8) is 0 Å². The minimum absolute atomic E-state index is 0.331. The molecular formula is C14H21NO. The quantitative estimate of drug-likeness (QED) is 0.842. The molecule has 0 aromatic heterocycles. The molecule has 0 radical (unpaired) electrons. The third-order valence-electron chi connectivity index (χ3n) is 3.23. The Morgan fingerprint density at radius 1 is 1.31 bits per heavy atom. The van der Waals surface area contributed by atoms with Gasteiger partial charge >= 0.3 is 0 Å². The summed E-state index contributed by atoms with van der Waals surface area (Å²) in [6.45, 7) is 6.28. The molecule has 0 spiro atoms. The molecule has 1 fully saturated rings. The first kappa shape index (κ1) is 11.6. The van der Waals surface area contributed by atoms with Gasteiger partial charge in [-0.2, -0.15) is 0 Å². The van der Waals surface area contributed by atoms with Crippen molar-refractivity contribution in [3.8, 4) is 0 Å². The van der Waals surface area contributed by atoms with Gasteiger partial charge in [0.15, 0.2) is 0 Å². The van der Waals surface area contributed by atoms with Crippen molar-refractivity contribution in [2.45, 2.75) is 32.4 Å². The predicted molar refractivity (Wildman–Crippen MR) is 66.5 cm³/mol. The number of rotatable bonds is 3. The van der Waals surface area contributed by atoms with Crippen LogP contribution in [0.15, 0.2) is 30.3 Å². The van der Waals surface area contributed by atoms with Crippen LogP contribution in [0.3, 0.4) is 0 Å². The topological polar surface area (TPSA) is 21.3 Å². The van der Waals surface area contributed by atoms with Crippen LogP contribution in [-0.4, -0.2) is 25.3 Å². The molecule has 1 aromatic carbocycles. The van der Waals surface area contributed by atoms with Gasteiger partial charge in [-0.05, 0) is 17.9 Å². The summed E-state index contributed by atoms with van der Waals surface area (Å²) < 4.78 is 5.89. The number of hydrogen-bond acceptors (Lipinski definition) is 2. The number of morpholine rings is 1. The first-order valence-corrected chi connectivity index (χ1v) is 6.14. The highest BCUT2D eigenvalue weighted by atomic mass is 16.5. The maximum Gasteiger partial charge on any atom is 0.0740 e. The maximum absolute atomic E-state index is 5.89. The van der Waals surface area contributed by atoms with E-state index in [-0.39, 0.29) is 0 Å². The van der Waals surface area contributed by atoms with E-state index >= 15 is 0 Å². The van der Waals surface area contributed by atoms with Gasteiger partial charge in [-0.25, -0.2) is 0 Å². The second-order valence-corrected chi connectivity index (χ2v) is 4.90. The lowest BCUT2D eigenvalue weighted by atomic mass is 10.0. The summed E-state index contributed by atoms with van der Waals surface area (Å²) in [4.78, 5) is 0. The average molecular weight is 219 g/mol.